The maximum Gasteiger partial charge on any atom is 0.254 e. The van der Waals surface area contributed by atoms with Crippen molar-refractivity contribution in [3.8, 4) is 0 Å². The predicted molar refractivity (Wildman–Crippen MR) is 70.8 cm³/mol. The Balaban J connectivity index is 1.73. The molecule has 1 amide bonds. The van der Waals surface area contributed by atoms with Crippen LogP contribution in [0.1, 0.15) is 16.8 Å². The van der Waals surface area contributed by atoms with Crippen molar-refractivity contribution in [3.05, 3.63) is 35.4 Å². The molecule has 1 saturated heterocycles. The van der Waals surface area contributed by atoms with Crippen LogP contribution in [0, 0.1) is 23.5 Å². The van der Waals surface area contributed by atoms with Gasteiger partial charge in [-0.05, 0) is 18.6 Å². The number of nitrogens with one attached hydrogen (secondary N) is 1. The van der Waals surface area contributed by atoms with E-state index in [-0.39, 0.29) is 29.5 Å². The number of methoxy groups -OCH3 is 1. The third-order valence-electron chi connectivity index (χ3n) is 4.38. The number of fused-ring (bicyclic) bond motifs is 1. The van der Waals surface area contributed by atoms with Crippen LogP contribution in [-0.4, -0.2) is 38.4 Å². The molecule has 0 spiro atoms. The first-order valence-corrected chi connectivity index (χ1v) is 6.99. The van der Waals surface area contributed by atoms with Gasteiger partial charge in [-0.2, -0.15) is 0 Å². The van der Waals surface area contributed by atoms with Crippen molar-refractivity contribution in [2.24, 2.45) is 11.8 Å². The van der Waals surface area contributed by atoms with Crippen molar-refractivity contribution in [3.63, 3.8) is 0 Å². The first kappa shape index (κ1) is 14.4. The maximum atomic E-state index is 13.7. The number of amides is 1. The van der Waals surface area contributed by atoms with Gasteiger partial charge in [-0.1, -0.05) is 6.07 Å². The number of benzene rings is 1. The molecule has 1 aliphatic carbocycles. The van der Waals surface area contributed by atoms with Gasteiger partial charge in [0.1, 0.15) is 0 Å². The van der Waals surface area contributed by atoms with E-state index in [0.717, 1.165) is 12.5 Å². The Bertz CT molecular complexity index is 552. The Labute approximate surface area is 121 Å². The standard InChI is InChI=1S/C15H17F2NO3/c1-20-7-10-13(9-5-6-21-14(9)10)18-15(19)8-3-2-4-11(16)12(8)17/h2-4,9-10,13-14H,5-7H2,1H3,(H,18,19)/t9-,10-,13-,14-/m0/s1. The lowest BCUT2D eigenvalue weighted by molar-refractivity contribution is -0.0810. The van der Waals surface area contributed by atoms with Crippen LogP contribution in [0.4, 0.5) is 8.78 Å². The highest BCUT2D eigenvalue weighted by atomic mass is 19.2. The summed E-state index contributed by atoms with van der Waals surface area (Å²) >= 11 is 0. The summed E-state index contributed by atoms with van der Waals surface area (Å²) in [6.45, 7) is 1.13. The van der Waals surface area contributed by atoms with Gasteiger partial charge in [0.25, 0.3) is 5.91 Å². The van der Waals surface area contributed by atoms with E-state index in [0.29, 0.717) is 13.2 Å². The van der Waals surface area contributed by atoms with E-state index in [4.69, 9.17) is 9.47 Å². The third-order valence-corrected chi connectivity index (χ3v) is 4.38. The average Bonchev–Trinajstić information content (AvgIpc) is 2.89. The molecule has 1 aliphatic heterocycles. The number of hydrogen-bond donors (Lipinski definition) is 1. The monoisotopic (exact) mass is 297 g/mol. The molecule has 4 nitrogen and oxygen atoms in total. The van der Waals surface area contributed by atoms with E-state index in [1.807, 2.05) is 0 Å². The number of hydrogen-bond acceptors (Lipinski definition) is 3. The fourth-order valence-electron chi connectivity index (χ4n) is 3.34. The predicted octanol–water partition coefficient (Wildman–Crippen LogP) is 1.74. The van der Waals surface area contributed by atoms with Gasteiger partial charge in [0, 0.05) is 31.6 Å². The summed E-state index contributed by atoms with van der Waals surface area (Å²) in [4.78, 5) is 12.2. The molecule has 4 atom stereocenters. The Morgan fingerprint density at radius 1 is 1.48 bits per heavy atom. The number of carbonyl (C=O) groups is 1. The lowest BCUT2D eigenvalue weighted by atomic mass is 9.67. The molecule has 2 fully saturated rings. The van der Waals surface area contributed by atoms with Crippen LogP contribution in [0.3, 0.4) is 0 Å². The summed E-state index contributed by atoms with van der Waals surface area (Å²) in [5.41, 5.74) is -0.270. The lowest BCUT2D eigenvalue weighted by Gasteiger charge is -2.47. The van der Waals surface area contributed by atoms with Gasteiger partial charge in [-0.15, -0.1) is 0 Å². The molecule has 3 rings (SSSR count). The molecule has 0 radical (unpaired) electrons. The largest absolute Gasteiger partial charge is 0.384 e. The zero-order chi connectivity index (χ0) is 15.0. The molecule has 21 heavy (non-hydrogen) atoms. The topological polar surface area (TPSA) is 47.6 Å². The van der Waals surface area contributed by atoms with E-state index in [1.165, 1.54) is 12.1 Å². The second-order valence-electron chi connectivity index (χ2n) is 5.51. The molecule has 6 heteroatoms. The van der Waals surface area contributed by atoms with Gasteiger partial charge >= 0.3 is 0 Å². The minimum Gasteiger partial charge on any atom is -0.384 e. The zero-order valence-corrected chi connectivity index (χ0v) is 11.6. The molecular weight excluding hydrogens is 280 g/mol. The van der Waals surface area contributed by atoms with Crippen molar-refractivity contribution < 1.29 is 23.0 Å². The van der Waals surface area contributed by atoms with Crippen LogP contribution in [0.5, 0.6) is 0 Å². The van der Waals surface area contributed by atoms with Crippen LogP contribution in [0.25, 0.3) is 0 Å². The zero-order valence-electron chi connectivity index (χ0n) is 11.6. The maximum absolute atomic E-state index is 13.7. The van der Waals surface area contributed by atoms with E-state index < -0.39 is 17.5 Å². The number of rotatable bonds is 4. The highest BCUT2D eigenvalue weighted by molar-refractivity contribution is 5.94. The molecule has 0 aromatic heterocycles. The van der Waals surface area contributed by atoms with Crippen LogP contribution in [-0.2, 0) is 9.47 Å². The van der Waals surface area contributed by atoms with Crippen molar-refractivity contribution >= 4 is 5.91 Å². The van der Waals surface area contributed by atoms with E-state index >= 15 is 0 Å². The van der Waals surface area contributed by atoms with Crippen molar-refractivity contribution in [1.29, 1.82) is 0 Å². The second-order valence-corrected chi connectivity index (χ2v) is 5.51. The van der Waals surface area contributed by atoms with Gasteiger partial charge in [0.2, 0.25) is 0 Å². The lowest BCUT2D eigenvalue weighted by Crippen LogP contribution is -2.62. The molecule has 0 unspecified atom stereocenters. The van der Waals surface area contributed by atoms with Crippen LogP contribution in [0.15, 0.2) is 18.2 Å². The fraction of sp³-hybridized carbons (Fsp3) is 0.533. The molecule has 2 aliphatic rings. The van der Waals surface area contributed by atoms with Crippen molar-refractivity contribution in [1.82, 2.24) is 5.32 Å². The van der Waals surface area contributed by atoms with Gasteiger partial charge in [-0.3, -0.25) is 4.79 Å². The van der Waals surface area contributed by atoms with Crippen molar-refractivity contribution in [2.45, 2.75) is 18.6 Å². The quantitative estimate of drug-likeness (QED) is 0.921. The number of ether oxygens (including phenoxy) is 2. The minimum absolute atomic E-state index is 0.0584. The summed E-state index contributed by atoms with van der Waals surface area (Å²) in [5.74, 6) is -2.44. The van der Waals surface area contributed by atoms with Crippen LogP contribution >= 0.6 is 0 Å². The summed E-state index contributed by atoms with van der Waals surface area (Å²) in [5, 5.41) is 2.80. The molecule has 0 bridgehead atoms. The molecular formula is C15H17F2NO3. The normalized spacial score (nSPS) is 30.6. The van der Waals surface area contributed by atoms with Crippen LogP contribution in [0.2, 0.25) is 0 Å². The van der Waals surface area contributed by atoms with Gasteiger partial charge in [0.05, 0.1) is 18.3 Å². The molecule has 1 N–H and O–H groups in total. The summed E-state index contributed by atoms with van der Waals surface area (Å²) < 4.78 is 37.6. The Kier molecular flexibility index (Phi) is 3.91. The summed E-state index contributed by atoms with van der Waals surface area (Å²) in [6, 6.07) is 3.47. The van der Waals surface area contributed by atoms with Crippen molar-refractivity contribution in [2.75, 3.05) is 20.3 Å². The van der Waals surface area contributed by atoms with Crippen LogP contribution < -0.4 is 5.32 Å². The Morgan fingerprint density at radius 2 is 2.29 bits per heavy atom. The first-order valence-electron chi connectivity index (χ1n) is 6.99. The molecule has 1 aromatic carbocycles. The number of halogens is 2. The average molecular weight is 297 g/mol. The Hall–Kier alpha value is -1.53. The van der Waals surface area contributed by atoms with Gasteiger partial charge < -0.3 is 14.8 Å². The van der Waals surface area contributed by atoms with Gasteiger partial charge in [-0.25, -0.2) is 8.78 Å². The summed E-state index contributed by atoms with van der Waals surface area (Å²) in [7, 11) is 1.59. The SMILES string of the molecule is COC[C@H]1[C@@H](NC(=O)c2cccc(F)c2F)[C@@H]2CCO[C@@H]21. The highest BCUT2D eigenvalue weighted by Gasteiger charge is 2.54. The first-order chi connectivity index (χ1) is 10.1. The molecule has 1 aromatic rings. The van der Waals surface area contributed by atoms with E-state index in [1.54, 1.807) is 7.11 Å². The molecule has 114 valence electrons. The second kappa shape index (κ2) is 5.69. The minimum atomic E-state index is -1.11. The van der Waals surface area contributed by atoms with E-state index in [2.05, 4.69) is 5.32 Å². The Morgan fingerprint density at radius 3 is 3.05 bits per heavy atom. The molecule has 1 saturated carbocycles. The van der Waals surface area contributed by atoms with E-state index in [9.17, 15) is 13.6 Å². The fourth-order valence-corrected chi connectivity index (χ4v) is 3.34. The molecule has 1 heterocycles. The summed E-state index contributed by atoms with van der Waals surface area (Å²) in [6.07, 6.45) is 0.953. The third kappa shape index (κ3) is 2.42. The highest BCUT2D eigenvalue weighted by Crippen LogP contribution is 2.43. The number of carbonyl (C=O) groups excluding carboxylic acids is 1. The van der Waals surface area contributed by atoms with Gasteiger partial charge in [0.15, 0.2) is 11.6 Å². The smallest absolute Gasteiger partial charge is 0.254 e.